The van der Waals surface area contributed by atoms with Crippen LogP contribution in [0.4, 0.5) is 4.79 Å². The topological polar surface area (TPSA) is 48.1 Å². The van der Waals surface area contributed by atoms with Crippen LogP contribution in [0, 0.1) is 13.8 Å². The number of H-pyrrole nitrogens is 1. The van der Waals surface area contributed by atoms with Crippen LogP contribution in [0.5, 0.6) is 0 Å². The van der Waals surface area contributed by atoms with E-state index in [0.717, 1.165) is 25.9 Å². The molecule has 1 aromatic heterocycles. The van der Waals surface area contributed by atoms with Crippen molar-refractivity contribution in [2.45, 2.75) is 39.2 Å². The monoisotopic (exact) mass is 361 g/mol. The molecule has 2 amide bonds. The van der Waals surface area contributed by atoms with Crippen molar-refractivity contribution in [3.63, 3.8) is 0 Å². The fourth-order valence-corrected chi connectivity index (χ4v) is 4.15. The van der Waals surface area contributed by atoms with Crippen LogP contribution in [-0.2, 0) is 6.54 Å². The quantitative estimate of drug-likeness (QED) is 0.687. The summed E-state index contributed by atoms with van der Waals surface area (Å²) < 4.78 is 0. The molecule has 27 heavy (non-hydrogen) atoms. The van der Waals surface area contributed by atoms with Gasteiger partial charge in [0.05, 0.1) is 0 Å². The second-order valence-electron chi connectivity index (χ2n) is 7.64. The molecule has 0 atom stereocenters. The summed E-state index contributed by atoms with van der Waals surface area (Å²) in [6, 6.07) is 14.9. The number of benzene rings is 2. The molecule has 0 aliphatic carbocycles. The largest absolute Gasteiger partial charge is 0.361 e. The molecule has 1 aliphatic rings. The summed E-state index contributed by atoms with van der Waals surface area (Å²) in [7, 11) is 0. The van der Waals surface area contributed by atoms with Crippen LogP contribution in [-0.4, -0.2) is 29.0 Å². The predicted octanol–water partition coefficient (Wildman–Crippen LogP) is 4.87. The highest BCUT2D eigenvalue weighted by Gasteiger charge is 2.25. The van der Waals surface area contributed by atoms with Gasteiger partial charge in [-0.1, -0.05) is 42.0 Å². The van der Waals surface area contributed by atoms with E-state index in [2.05, 4.69) is 72.8 Å². The lowest BCUT2D eigenvalue weighted by Crippen LogP contribution is -2.43. The van der Waals surface area contributed by atoms with Crippen molar-refractivity contribution in [2.24, 2.45) is 0 Å². The van der Waals surface area contributed by atoms with Crippen LogP contribution >= 0.6 is 0 Å². The zero-order valence-corrected chi connectivity index (χ0v) is 16.1. The number of likely N-dealkylation sites (tertiary alicyclic amines) is 1. The Morgan fingerprint density at radius 1 is 1.15 bits per heavy atom. The Labute approximate surface area is 160 Å². The summed E-state index contributed by atoms with van der Waals surface area (Å²) in [6.45, 7) is 6.40. The van der Waals surface area contributed by atoms with E-state index in [1.165, 1.54) is 33.2 Å². The molecule has 0 unspecified atom stereocenters. The normalized spacial score (nSPS) is 15.3. The standard InChI is InChI=1S/C23H27N3O/c1-16-7-8-19(17(2)13-16)14-25-23(27)26-11-9-18(10-12-26)21-15-24-22-6-4-3-5-20(21)22/h3-8,13,15,18,24H,9-12,14H2,1-2H3,(H,25,27). The first-order valence-corrected chi connectivity index (χ1v) is 9.77. The number of aryl methyl sites for hydroxylation is 2. The van der Waals surface area contributed by atoms with Gasteiger partial charge in [0.2, 0.25) is 0 Å². The van der Waals surface area contributed by atoms with Crippen LogP contribution in [0.1, 0.15) is 41.0 Å². The highest BCUT2D eigenvalue weighted by atomic mass is 16.2. The molecule has 3 aromatic rings. The summed E-state index contributed by atoms with van der Waals surface area (Å²) in [4.78, 5) is 17.9. The first kappa shape index (κ1) is 17.7. The van der Waals surface area contributed by atoms with E-state index in [1.807, 2.05) is 4.90 Å². The van der Waals surface area contributed by atoms with Gasteiger partial charge in [0, 0.05) is 36.7 Å². The zero-order valence-electron chi connectivity index (χ0n) is 16.1. The summed E-state index contributed by atoms with van der Waals surface area (Å²) in [5, 5.41) is 4.40. The first-order valence-electron chi connectivity index (χ1n) is 9.77. The van der Waals surface area contributed by atoms with Crippen molar-refractivity contribution in [1.82, 2.24) is 15.2 Å². The van der Waals surface area contributed by atoms with E-state index in [4.69, 9.17) is 0 Å². The summed E-state index contributed by atoms with van der Waals surface area (Å²) in [5.74, 6) is 0.518. The highest BCUT2D eigenvalue weighted by Crippen LogP contribution is 2.33. The summed E-state index contributed by atoms with van der Waals surface area (Å²) in [5.41, 5.74) is 6.25. The van der Waals surface area contributed by atoms with Crippen molar-refractivity contribution in [3.8, 4) is 0 Å². The maximum absolute atomic E-state index is 12.6. The highest BCUT2D eigenvalue weighted by molar-refractivity contribution is 5.83. The van der Waals surface area contributed by atoms with Gasteiger partial charge in [0.25, 0.3) is 0 Å². The molecule has 0 spiro atoms. The third kappa shape index (κ3) is 3.70. The van der Waals surface area contributed by atoms with Crippen molar-refractivity contribution in [1.29, 1.82) is 0 Å². The van der Waals surface area contributed by atoms with E-state index >= 15 is 0 Å². The van der Waals surface area contributed by atoms with Crippen molar-refractivity contribution in [2.75, 3.05) is 13.1 Å². The predicted molar refractivity (Wildman–Crippen MR) is 110 cm³/mol. The Morgan fingerprint density at radius 2 is 1.93 bits per heavy atom. The van der Waals surface area contributed by atoms with Crippen LogP contribution in [0.2, 0.25) is 0 Å². The number of aromatic nitrogens is 1. The molecule has 4 rings (SSSR count). The van der Waals surface area contributed by atoms with Crippen LogP contribution in [0.15, 0.2) is 48.7 Å². The van der Waals surface area contributed by atoms with Gasteiger partial charge in [0.1, 0.15) is 0 Å². The van der Waals surface area contributed by atoms with E-state index < -0.39 is 0 Å². The van der Waals surface area contributed by atoms with Crippen LogP contribution in [0.3, 0.4) is 0 Å². The summed E-state index contributed by atoms with van der Waals surface area (Å²) >= 11 is 0. The number of piperidine rings is 1. The molecule has 1 saturated heterocycles. The SMILES string of the molecule is Cc1ccc(CNC(=O)N2CCC(c3c[nH]c4ccccc34)CC2)c(C)c1. The molecule has 2 N–H and O–H groups in total. The lowest BCUT2D eigenvalue weighted by atomic mass is 9.89. The average Bonchev–Trinajstić information content (AvgIpc) is 3.11. The number of aromatic amines is 1. The van der Waals surface area contributed by atoms with Crippen molar-refractivity contribution >= 4 is 16.9 Å². The van der Waals surface area contributed by atoms with Gasteiger partial charge in [-0.15, -0.1) is 0 Å². The lowest BCUT2D eigenvalue weighted by molar-refractivity contribution is 0.181. The van der Waals surface area contributed by atoms with Crippen LogP contribution < -0.4 is 5.32 Å². The fraction of sp³-hybridized carbons (Fsp3) is 0.348. The number of carbonyl (C=O) groups is 1. The fourth-order valence-electron chi connectivity index (χ4n) is 4.15. The Morgan fingerprint density at radius 3 is 2.70 bits per heavy atom. The Hall–Kier alpha value is -2.75. The second-order valence-corrected chi connectivity index (χ2v) is 7.64. The summed E-state index contributed by atoms with van der Waals surface area (Å²) in [6.07, 6.45) is 4.17. The van der Waals surface area contributed by atoms with Gasteiger partial charge in [-0.3, -0.25) is 0 Å². The number of para-hydroxylation sites is 1. The van der Waals surface area contributed by atoms with Crippen molar-refractivity contribution in [3.05, 3.63) is 70.9 Å². The van der Waals surface area contributed by atoms with Gasteiger partial charge in [-0.2, -0.15) is 0 Å². The van der Waals surface area contributed by atoms with Gasteiger partial charge in [-0.25, -0.2) is 4.79 Å². The molecule has 140 valence electrons. The number of amides is 2. The molecule has 0 saturated carbocycles. The first-order chi connectivity index (χ1) is 13.1. The molecular formula is C23H27N3O. The number of rotatable bonds is 3. The molecule has 2 heterocycles. The molecular weight excluding hydrogens is 334 g/mol. The molecule has 1 aliphatic heterocycles. The minimum Gasteiger partial charge on any atom is -0.361 e. The van der Waals surface area contributed by atoms with E-state index in [1.54, 1.807) is 0 Å². The third-order valence-corrected chi connectivity index (χ3v) is 5.77. The van der Waals surface area contributed by atoms with Gasteiger partial charge in [-0.05, 0) is 55.4 Å². The molecule has 1 fully saturated rings. The minimum absolute atomic E-state index is 0.0485. The smallest absolute Gasteiger partial charge is 0.317 e. The Kier molecular flexibility index (Phi) is 4.88. The average molecular weight is 361 g/mol. The number of hydrogen-bond donors (Lipinski definition) is 2. The number of nitrogens with zero attached hydrogens (tertiary/aromatic N) is 1. The molecule has 2 aromatic carbocycles. The van der Waals surface area contributed by atoms with Crippen molar-refractivity contribution < 1.29 is 4.79 Å². The number of hydrogen-bond acceptors (Lipinski definition) is 1. The number of fused-ring (bicyclic) bond motifs is 1. The number of carbonyl (C=O) groups excluding carboxylic acids is 1. The van der Waals surface area contributed by atoms with E-state index in [9.17, 15) is 4.79 Å². The van der Waals surface area contributed by atoms with E-state index in [-0.39, 0.29) is 6.03 Å². The zero-order chi connectivity index (χ0) is 18.8. The lowest BCUT2D eigenvalue weighted by Gasteiger charge is -2.32. The number of nitrogens with one attached hydrogen (secondary N) is 2. The van der Waals surface area contributed by atoms with Gasteiger partial charge in [0.15, 0.2) is 0 Å². The molecule has 0 radical (unpaired) electrons. The second kappa shape index (κ2) is 7.47. The third-order valence-electron chi connectivity index (χ3n) is 5.77. The van der Waals surface area contributed by atoms with Gasteiger partial charge >= 0.3 is 6.03 Å². The molecule has 4 heteroatoms. The Bertz CT molecular complexity index is 951. The minimum atomic E-state index is 0.0485. The molecule has 4 nitrogen and oxygen atoms in total. The Balaban J connectivity index is 1.34. The van der Waals surface area contributed by atoms with Gasteiger partial charge < -0.3 is 15.2 Å². The van der Waals surface area contributed by atoms with E-state index in [0.29, 0.717) is 12.5 Å². The van der Waals surface area contributed by atoms with Crippen LogP contribution in [0.25, 0.3) is 10.9 Å². The maximum Gasteiger partial charge on any atom is 0.317 e. The maximum atomic E-state index is 12.6. The molecule has 0 bridgehead atoms. The number of urea groups is 1.